The molecule has 3 aromatic rings. The van der Waals surface area contributed by atoms with E-state index in [1.807, 2.05) is 42.5 Å². The minimum Gasteiger partial charge on any atom is -0.497 e. The van der Waals surface area contributed by atoms with Gasteiger partial charge in [0.15, 0.2) is 5.78 Å². The third-order valence-electron chi connectivity index (χ3n) is 5.94. The van der Waals surface area contributed by atoms with Crippen LogP contribution in [0.3, 0.4) is 0 Å². The molecule has 1 aromatic heterocycles. The molecule has 1 N–H and O–H groups in total. The Morgan fingerprint density at radius 2 is 1.90 bits per heavy atom. The van der Waals surface area contributed by atoms with E-state index in [-0.39, 0.29) is 11.7 Å². The predicted octanol–water partition coefficient (Wildman–Crippen LogP) is 4.36. The van der Waals surface area contributed by atoms with Crippen LogP contribution in [0.25, 0.3) is 0 Å². The van der Waals surface area contributed by atoms with Gasteiger partial charge in [0.1, 0.15) is 23.9 Å². The molecule has 2 atom stereocenters. The van der Waals surface area contributed by atoms with Crippen LogP contribution >= 0.6 is 11.6 Å². The van der Waals surface area contributed by atoms with Crippen LogP contribution < -0.4 is 14.8 Å². The number of anilines is 1. The van der Waals surface area contributed by atoms with Crippen LogP contribution in [0.4, 0.5) is 5.95 Å². The van der Waals surface area contributed by atoms with Crippen LogP contribution in [0.1, 0.15) is 35.9 Å². The highest BCUT2D eigenvalue weighted by molar-refractivity contribution is 6.30. The van der Waals surface area contributed by atoms with E-state index in [0.29, 0.717) is 40.9 Å². The van der Waals surface area contributed by atoms with Crippen LogP contribution in [0.2, 0.25) is 5.02 Å². The van der Waals surface area contributed by atoms with Crippen molar-refractivity contribution in [2.75, 3.05) is 19.5 Å². The van der Waals surface area contributed by atoms with Crippen LogP contribution in [-0.2, 0) is 4.79 Å². The maximum Gasteiger partial charge on any atom is 0.226 e. The molecule has 7 nitrogen and oxygen atoms in total. The first kappa shape index (κ1) is 19.6. The zero-order chi connectivity index (χ0) is 21.5. The number of rotatable bonds is 4. The number of hydrogen-bond acceptors (Lipinski definition) is 6. The van der Waals surface area contributed by atoms with Crippen molar-refractivity contribution in [2.24, 2.45) is 0 Å². The topological polar surface area (TPSA) is 78.3 Å². The second-order valence-electron chi connectivity index (χ2n) is 7.64. The normalized spacial score (nSPS) is 20.0. The van der Waals surface area contributed by atoms with Crippen molar-refractivity contribution in [3.05, 3.63) is 76.2 Å². The van der Waals surface area contributed by atoms with Crippen molar-refractivity contribution in [1.29, 1.82) is 0 Å². The minimum atomic E-state index is -0.423. The summed E-state index contributed by atoms with van der Waals surface area (Å²) < 4.78 is 12.7. The fraction of sp³-hybridized carbons (Fsp3) is 0.261. The fourth-order valence-corrected chi connectivity index (χ4v) is 4.58. The maximum absolute atomic E-state index is 13.5. The van der Waals surface area contributed by atoms with Gasteiger partial charge in [-0.25, -0.2) is 4.68 Å². The zero-order valence-electron chi connectivity index (χ0n) is 17.1. The molecule has 0 bridgehead atoms. The number of nitrogens with one attached hydrogen (secondary N) is 1. The van der Waals surface area contributed by atoms with Crippen molar-refractivity contribution < 1.29 is 14.3 Å². The SMILES string of the molecule is COc1ccc([C@H]2C3=C(C[C@@H](c4ccc(Cl)cc4)CC3=O)Nc3ncnn32)c(OC)c1. The van der Waals surface area contributed by atoms with Crippen molar-refractivity contribution in [2.45, 2.75) is 24.8 Å². The third kappa shape index (κ3) is 3.35. The van der Waals surface area contributed by atoms with Gasteiger partial charge in [0.25, 0.3) is 0 Å². The molecule has 0 amide bonds. The number of ketones is 1. The van der Waals surface area contributed by atoms with Gasteiger partial charge in [0.2, 0.25) is 5.95 Å². The Morgan fingerprint density at radius 3 is 2.65 bits per heavy atom. The number of halogens is 1. The number of aromatic nitrogens is 3. The highest BCUT2D eigenvalue weighted by Crippen LogP contribution is 2.46. The summed E-state index contributed by atoms with van der Waals surface area (Å²) in [6.45, 7) is 0. The van der Waals surface area contributed by atoms with Gasteiger partial charge in [-0.1, -0.05) is 23.7 Å². The highest BCUT2D eigenvalue weighted by atomic mass is 35.5. The Kier molecular flexibility index (Phi) is 4.90. The number of hydrogen-bond donors (Lipinski definition) is 1. The van der Waals surface area contributed by atoms with E-state index >= 15 is 0 Å². The zero-order valence-corrected chi connectivity index (χ0v) is 17.9. The van der Waals surface area contributed by atoms with Gasteiger partial charge in [0, 0.05) is 34.3 Å². The molecule has 5 rings (SSSR count). The van der Waals surface area contributed by atoms with Gasteiger partial charge in [-0.05, 0) is 42.2 Å². The average Bonchev–Trinajstić information content (AvgIpc) is 3.26. The van der Waals surface area contributed by atoms with Crippen LogP contribution in [0.15, 0.2) is 60.1 Å². The Bertz CT molecular complexity index is 1190. The molecule has 0 unspecified atom stereocenters. The quantitative estimate of drug-likeness (QED) is 0.654. The molecule has 0 fully saturated rings. The Balaban J connectivity index is 1.61. The van der Waals surface area contributed by atoms with Gasteiger partial charge in [0.05, 0.1) is 14.2 Å². The Hall–Kier alpha value is -3.32. The van der Waals surface area contributed by atoms with E-state index in [9.17, 15) is 4.79 Å². The van der Waals surface area contributed by atoms with E-state index in [1.54, 1.807) is 18.9 Å². The van der Waals surface area contributed by atoms with Gasteiger partial charge < -0.3 is 14.8 Å². The molecular formula is C23H21ClN4O3. The van der Waals surface area contributed by atoms with E-state index in [4.69, 9.17) is 21.1 Å². The van der Waals surface area contributed by atoms with Crippen LogP contribution in [-0.4, -0.2) is 34.8 Å². The van der Waals surface area contributed by atoms with E-state index in [1.165, 1.54) is 6.33 Å². The number of methoxy groups -OCH3 is 2. The molecule has 2 aliphatic rings. The number of carbonyl (C=O) groups excluding carboxylic acids is 1. The van der Waals surface area contributed by atoms with Gasteiger partial charge >= 0.3 is 0 Å². The summed E-state index contributed by atoms with van der Waals surface area (Å²) in [6.07, 6.45) is 2.61. The molecule has 1 aliphatic heterocycles. The number of Topliss-reactive ketones (excluding diaryl/α,β-unsaturated/α-hetero) is 1. The second-order valence-corrected chi connectivity index (χ2v) is 8.07. The number of carbonyl (C=O) groups is 1. The second kappa shape index (κ2) is 7.74. The lowest BCUT2D eigenvalue weighted by atomic mass is 9.78. The first-order valence-corrected chi connectivity index (χ1v) is 10.4. The smallest absolute Gasteiger partial charge is 0.226 e. The van der Waals surface area contributed by atoms with Crippen molar-refractivity contribution in [3.8, 4) is 11.5 Å². The Labute approximate surface area is 184 Å². The molecule has 158 valence electrons. The van der Waals surface area contributed by atoms with E-state index in [2.05, 4.69) is 15.4 Å². The van der Waals surface area contributed by atoms with Gasteiger partial charge in [-0.15, -0.1) is 0 Å². The standard InChI is InChI=1S/C23H21ClN4O3/c1-30-16-7-8-17(20(11-16)31-2)22-21-18(27-23-25-12-26-28(22)23)9-14(10-19(21)29)13-3-5-15(24)6-4-13/h3-8,11-12,14,22H,9-10H2,1-2H3,(H,25,26,27)/t14-,22+/m1/s1. The molecule has 2 aromatic carbocycles. The molecule has 31 heavy (non-hydrogen) atoms. The number of allylic oxidation sites excluding steroid dienone is 2. The lowest BCUT2D eigenvalue weighted by Gasteiger charge is -2.35. The predicted molar refractivity (Wildman–Crippen MR) is 117 cm³/mol. The summed E-state index contributed by atoms with van der Waals surface area (Å²) in [6, 6.07) is 12.9. The maximum atomic E-state index is 13.5. The third-order valence-corrected chi connectivity index (χ3v) is 6.19. The monoisotopic (exact) mass is 436 g/mol. The van der Waals surface area contributed by atoms with Crippen LogP contribution in [0, 0.1) is 0 Å². The Morgan fingerprint density at radius 1 is 1.10 bits per heavy atom. The van der Waals surface area contributed by atoms with Crippen molar-refractivity contribution >= 4 is 23.3 Å². The molecule has 0 radical (unpaired) electrons. The first-order chi connectivity index (χ1) is 15.1. The number of ether oxygens (including phenoxy) is 2. The summed E-state index contributed by atoms with van der Waals surface area (Å²) >= 11 is 6.04. The molecule has 0 saturated heterocycles. The molecule has 0 saturated carbocycles. The lowest BCUT2D eigenvalue weighted by Crippen LogP contribution is -2.33. The average molecular weight is 437 g/mol. The summed E-state index contributed by atoms with van der Waals surface area (Å²) in [4.78, 5) is 17.8. The molecular weight excluding hydrogens is 416 g/mol. The lowest BCUT2D eigenvalue weighted by molar-refractivity contribution is -0.116. The summed E-state index contributed by atoms with van der Waals surface area (Å²) in [5.74, 6) is 2.07. The molecule has 8 heteroatoms. The molecule has 1 aliphatic carbocycles. The molecule has 0 spiro atoms. The number of nitrogens with zero attached hydrogens (tertiary/aromatic N) is 3. The van der Waals surface area contributed by atoms with E-state index < -0.39 is 6.04 Å². The van der Waals surface area contributed by atoms with Gasteiger partial charge in [-0.3, -0.25) is 4.79 Å². The number of fused-ring (bicyclic) bond motifs is 1. The minimum absolute atomic E-state index is 0.0731. The highest BCUT2D eigenvalue weighted by Gasteiger charge is 2.40. The van der Waals surface area contributed by atoms with Crippen LogP contribution in [0.5, 0.6) is 11.5 Å². The summed E-state index contributed by atoms with van der Waals surface area (Å²) in [7, 11) is 3.22. The molecule has 2 heterocycles. The summed E-state index contributed by atoms with van der Waals surface area (Å²) in [5.41, 5.74) is 3.50. The van der Waals surface area contributed by atoms with Gasteiger partial charge in [-0.2, -0.15) is 10.1 Å². The largest absolute Gasteiger partial charge is 0.497 e. The van der Waals surface area contributed by atoms with Crippen molar-refractivity contribution in [1.82, 2.24) is 14.8 Å². The van der Waals surface area contributed by atoms with E-state index in [0.717, 1.165) is 16.8 Å². The fourth-order valence-electron chi connectivity index (χ4n) is 4.45. The first-order valence-electron chi connectivity index (χ1n) is 9.99. The van der Waals surface area contributed by atoms with Crippen molar-refractivity contribution in [3.63, 3.8) is 0 Å². The summed E-state index contributed by atoms with van der Waals surface area (Å²) in [5, 5.41) is 8.42. The number of benzene rings is 2.